The molecule has 0 radical (unpaired) electrons. The standard InChI is InChI=1S/C25H26N4O4S/c1-25(2,3)17-9-6-15(7-10-17)23(31)29-12-4-5-18(29)21(30)26-24-28-27-22(34-24)16-8-11-19-20(13-16)33-14-32-19/h6-11,13,18H,4-5,12,14H2,1-3H3,(H,26,28,30). The zero-order valence-corrected chi connectivity index (χ0v) is 20.1. The van der Waals surface area contributed by atoms with Gasteiger partial charge in [-0.15, -0.1) is 10.2 Å². The van der Waals surface area contributed by atoms with Crippen LogP contribution in [0.15, 0.2) is 42.5 Å². The lowest BCUT2D eigenvalue weighted by Crippen LogP contribution is -2.43. The number of aromatic nitrogens is 2. The summed E-state index contributed by atoms with van der Waals surface area (Å²) in [6, 6.07) is 12.7. The van der Waals surface area contributed by atoms with E-state index < -0.39 is 6.04 Å². The fraction of sp³-hybridized carbons (Fsp3) is 0.360. The molecule has 2 aliphatic heterocycles. The van der Waals surface area contributed by atoms with E-state index in [0.717, 1.165) is 17.5 Å². The van der Waals surface area contributed by atoms with E-state index in [2.05, 4.69) is 36.3 Å². The average Bonchev–Trinajstić information content (AvgIpc) is 3.57. The van der Waals surface area contributed by atoms with E-state index in [9.17, 15) is 9.59 Å². The summed E-state index contributed by atoms with van der Waals surface area (Å²) in [6.45, 7) is 7.16. The smallest absolute Gasteiger partial charge is 0.254 e. The molecule has 3 aromatic rings. The van der Waals surface area contributed by atoms with Gasteiger partial charge in [0, 0.05) is 17.7 Å². The van der Waals surface area contributed by atoms with E-state index in [1.54, 1.807) is 4.90 Å². The van der Waals surface area contributed by atoms with Crippen LogP contribution in [0.4, 0.5) is 5.13 Å². The second-order valence-electron chi connectivity index (χ2n) is 9.45. The molecule has 1 aromatic heterocycles. The lowest BCUT2D eigenvalue weighted by Gasteiger charge is -2.24. The first-order chi connectivity index (χ1) is 16.3. The Morgan fingerprint density at radius 2 is 1.82 bits per heavy atom. The Bertz CT molecular complexity index is 1230. The maximum Gasteiger partial charge on any atom is 0.254 e. The Hall–Kier alpha value is -3.46. The summed E-state index contributed by atoms with van der Waals surface area (Å²) in [5.41, 5.74) is 2.60. The molecule has 5 rings (SSSR count). The first kappa shape index (κ1) is 22.3. The summed E-state index contributed by atoms with van der Waals surface area (Å²) in [4.78, 5) is 27.9. The topological polar surface area (TPSA) is 93.7 Å². The van der Waals surface area contributed by atoms with Crippen LogP contribution in [-0.2, 0) is 10.2 Å². The number of carbonyl (C=O) groups excluding carboxylic acids is 2. The van der Waals surface area contributed by atoms with Gasteiger partial charge in [-0.3, -0.25) is 14.9 Å². The van der Waals surface area contributed by atoms with Crippen LogP contribution >= 0.6 is 11.3 Å². The molecule has 9 heteroatoms. The minimum absolute atomic E-state index is 0.0127. The van der Waals surface area contributed by atoms with Crippen LogP contribution in [0, 0.1) is 0 Å². The lowest BCUT2D eigenvalue weighted by atomic mass is 9.86. The van der Waals surface area contributed by atoms with Gasteiger partial charge in [0.05, 0.1) is 0 Å². The zero-order chi connectivity index (χ0) is 23.9. The quantitative estimate of drug-likeness (QED) is 0.595. The molecular formula is C25H26N4O4S. The van der Waals surface area contributed by atoms with Crippen molar-refractivity contribution in [2.45, 2.75) is 45.1 Å². The molecule has 2 amide bonds. The molecule has 2 aliphatic rings. The van der Waals surface area contributed by atoms with Crippen LogP contribution < -0.4 is 14.8 Å². The molecule has 8 nitrogen and oxygen atoms in total. The number of nitrogens with one attached hydrogen (secondary N) is 1. The summed E-state index contributed by atoms with van der Waals surface area (Å²) in [7, 11) is 0. The number of hydrogen-bond donors (Lipinski definition) is 1. The molecule has 0 aliphatic carbocycles. The highest BCUT2D eigenvalue weighted by Gasteiger charge is 2.35. The van der Waals surface area contributed by atoms with Crippen molar-refractivity contribution in [1.82, 2.24) is 15.1 Å². The van der Waals surface area contributed by atoms with Gasteiger partial charge in [-0.1, -0.05) is 44.2 Å². The second-order valence-corrected chi connectivity index (χ2v) is 10.4. The summed E-state index contributed by atoms with van der Waals surface area (Å²) < 4.78 is 10.8. The van der Waals surface area contributed by atoms with Gasteiger partial charge in [-0.05, 0) is 54.2 Å². The first-order valence-electron chi connectivity index (χ1n) is 11.3. The highest BCUT2D eigenvalue weighted by molar-refractivity contribution is 7.18. The average molecular weight is 479 g/mol. The molecule has 1 atom stereocenters. The maximum atomic E-state index is 13.2. The normalized spacial score (nSPS) is 17.1. The van der Waals surface area contributed by atoms with Crippen LogP contribution in [0.2, 0.25) is 0 Å². The number of likely N-dealkylation sites (tertiary alicyclic amines) is 1. The number of fused-ring (bicyclic) bond motifs is 1. The largest absolute Gasteiger partial charge is 0.454 e. The molecule has 1 fully saturated rings. The number of rotatable bonds is 4. The lowest BCUT2D eigenvalue weighted by molar-refractivity contribution is -0.119. The Balaban J connectivity index is 1.27. The van der Waals surface area contributed by atoms with Crippen molar-refractivity contribution in [1.29, 1.82) is 0 Å². The minimum Gasteiger partial charge on any atom is -0.454 e. The molecule has 0 spiro atoms. The van der Waals surface area contributed by atoms with E-state index >= 15 is 0 Å². The number of nitrogens with zero attached hydrogens (tertiary/aromatic N) is 3. The summed E-state index contributed by atoms with van der Waals surface area (Å²) >= 11 is 1.27. The molecule has 0 saturated carbocycles. The van der Waals surface area contributed by atoms with Gasteiger partial charge in [-0.2, -0.15) is 0 Å². The molecule has 1 unspecified atom stereocenters. The first-order valence-corrected chi connectivity index (χ1v) is 12.1. The Labute approximate surface area is 201 Å². The molecule has 3 heterocycles. The zero-order valence-electron chi connectivity index (χ0n) is 19.3. The van der Waals surface area contributed by atoms with Gasteiger partial charge >= 0.3 is 0 Å². The van der Waals surface area contributed by atoms with Gasteiger partial charge < -0.3 is 14.4 Å². The van der Waals surface area contributed by atoms with Crippen molar-refractivity contribution in [3.8, 4) is 22.1 Å². The monoisotopic (exact) mass is 478 g/mol. The highest BCUT2D eigenvalue weighted by atomic mass is 32.1. The molecular weight excluding hydrogens is 452 g/mol. The van der Waals surface area contributed by atoms with Crippen molar-refractivity contribution in [3.63, 3.8) is 0 Å². The van der Waals surface area contributed by atoms with E-state index in [0.29, 0.717) is 40.2 Å². The summed E-state index contributed by atoms with van der Waals surface area (Å²) in [5.74, 6) is 0.983. The van der Waals surface area contributed by atoms with Crippen LogP contribution in [-0.4, -0.2) is 46.3 Å². The summed E-state index contributed by atoms with van der Waals surface area (Å²) in [5, 5.41) is 12.2. The number of carbonyl (C=O) groups is 2. The van der Waals surface area contributed by atoms with E-state index in [1.807, 2.05) is 42.5 Å². The molecule has 0 bridgehead atoms. The minimum atomic E-state index is -0.535. The number of amides is 2. The van der Waals surface area contributed by atoms with Crippen molar-refractivity contribution in [3.05, 3.63) is 53.6 Å². The van der Waals surface area contributed by atoms with Gasteiger partial charge in [0.2, 0.25) is 17.8 Å². The van der Waals surface area contributed by atoms with Crippen molar-refractivity contribution < 1.29 is 19.1 Å². The fourth-order valence-electron chi connectivity index (χ4n) is 4.17. The molecule has 1 N–H and O–H groups in total. The van der Waals surface area contributed by atoms with Crippen LogP contribution in [0.5, 0.6) is 11.5 Å². The van der Waals surface area contributed by atoms with Crippen molar-refractivity contribution >= 4 is 28.3 Å². The van der Waals surface area contributed by atoms with Gasteiger partial charge in [-0.25, -0.2) is 0 Å². The molecule has 2 aromatic carbocycles. The maximum absolute atomic E-state index is 13.2. The van der Waals surface area contributed by atoms with E-state index in [4.69, 9.17) is 9.47 Å². The number of ether oxygens (including phenoxy) is 2. The Kier molecular flexibility index (Phi) is 5.73. The van der Waals surface area contributed by atoms with Crippen molar-refractivity contribution in [2.24, 2.45) is 0 Å². The van der Waals surface area contributed by atoms with E-state index in [-0.39, 0.29) is 24.0 Å². The third-order valence-corrected chi connectivity index (χ3v) is 6.98. The van der Waals surface area contributed by atoms with E-state index in [1.165, 1.54) is 11.3 Å². The predicted octanol–water partition coefficient (Wildman–Crippen LogP) is 4.47. The Morgan fingerprint density at radius 3 is 2.59 bits per heavy atom. The third kappa shape index (κ3) is 4.35. The second kappa shape index (κ2) is 8.72. The SMILES string of the molecule is CC(C)(C)c1ccc(C(=O)N2CCCC2C(=O)Nc2nnc(-c3ccc4c(c3)OCO4)s2)cc1. The molecule has 176 valence electrons. The fourth-order valence-corrected chi connectivity index (χ4v) is 4.91. The van der Waals surface area contributed by atoms with Gasteiger partial charge in [0.1, 0.15) is 11.0 Å². The van der Waals surface area contributed by atoms with Crippen LogP contribution in [0.25, 0.3) is 10.6 Å². The third-order valence-electron chi connectivity index (χ3n) is 6.09. The molecule has 34 heavy (non-hydrogen) atoms. The number of benzene rings is 2. The van der Waals surface area contributed by atoms with Gasteiger partial charge in [0.15, 0.2) is 11.5 Å². The van der Waals surface area contributed by atoms with Crippen LogP contribution in [0.1, 0.15) is 49.5 Å². The predicted molar refractivity (Wildman–Crippen MR) is 129 cm³/mol. The summed E-state index contributed by atoms with van der Waals surface area (Å²) in [6.07, 6.45) is 1.40. The highest BCUT2D eigenvalue weighted by Crippen LogP contribution is 2.37. The van der Waals surface area contributed by atoms with Gasteiger partial charge in [0.25, 0.3) is 5.91 Å². The van der Waals surface area contributed by atoms with Crippen molar-refractivity contribution in [2.75, 3.05) is 18.7 Å². The number of anilines is 1. The van der Waals surface area contributed by atoms with Crippen LogP contribution in [0.3, 0.4) is 0 Å². The Morgan fingerprint density at radius 1 is 1.06 bits per heavy atom. The number of hydrogen-bond acceptors (Lipinski definition) is 7. The molecule has 1 saturated heterocycles.